The van der Waals surface area contributed by atoms with E-state index < -0.39 is 0 Å². The van der Waals surface area contributed by atoms with Gasteiger partial charge in [0.1, 0.15) is 0 Å². The molecule has 14 heavy (non-hydrogen) atoms. The van der Waals surface area contributed by atoms with Gasteiger partial charge in [-0.3, -0.25) is 11.3 Å². The molecule has 4 heteroatoms. The largest absolute Gasteiger partial charge is 0.457 e. The van der Waals surface area contributed by atoms with Crippen LogP contribution in [0.25, 0.3) is 0 Å². The second-order valence-electron chi connectivity index (χ2n) is 3.56. The molecule has 3 N–H and O–H groups in total. The van der Waals surface area contributed by atoms with Crippen molar-refractivity contribution in [3.8, 4) is 0 Å². The summed E-state index contributed by atoms with van der Waals surface area (Å²) in [6.45, 7) is 4.36. The second-order valence-corrected chi connectivity index (χ2v) is 4.28. The molecule has 2 unspecified atom stereocenters. The molecule has 3 nitrogen and oxygen atoms in total. The molecule has 0 amide bonds. The number of hydrogen-bond donors (Lipinski definition) is 2. The van der Waals surface area contributed by atoms with Crippen molar-refractivity contribution in [2.45, 2.75) is 32.7 Å². The monoisotopic (exact) mass is 260 g/mol. The van der Waals surface area contributed by atoms with E-state index in [1.165, 1.54) is 0 Å². The van der Waals surface area contributed by atoms with Gasteiger partial charge in [0.15, 0.2) is 4.67 Å². The van der Waals surface area contributed by atoms with E-state index in [0.717, 1.165) is 23.1 Å². The highest BCUT2D eigenvalue weighted by atomic mass is 79.9. The van der Waals surface area contributed by atoms with Crippen LogP contribution in [0.4, 0.5) is 0 Å². The number of rotatable bonds is 5. The molecule has 0 aromatic carbocycles. The zero-order valence-electron chi connectivity index (χ0n) is 8.59. The van der Waals surface area contributed by atoms with Gasteiger partial charge in [0.25, 0.3) is 0 Å². The van der Waals surface area contributed by atoms with Crippen LogP contribution in [0, 0.1) is 5.92 Å². The van der Waals surface area contributed by atoms with Crippen molar-refractivity contribution in [2.75, 3.05) is 0 Å². The van der Waals surface area contributed by atoms with Gasteiger partial charge in [-0.15, -0.1) is 0 Å². The SMILES string of the molecule is CCCC(C)C(NN)c1ccoc1Br. The topological polar surface area (TPSA) is 51.2 Å². The van der Waals surface area contributed by atoms with Gasteiger partial charge in [-0.1, -0.05) is 20.3 Å². The molecule has 2 atom stereocenters. The molecule has 1 aromatic heterocycles. The minimum Gasteiger partial charge on any atom is -0.457 e. The van der Waals surface area contributed by atoms with Gasteiger partial charge >= 0.3 is 0 Å². The van der Waals surface area contributed by atoms with Gasteiger partial charge in [-0.2, -0.15) is 0 Å². The predicted molar refractivity (Wildman–Crippen MR) is 60.5 cm³/mol. The van der Waals surface area contributed by atoms with E-state index in [1.807, 2.05) is 6.07 Å². The Hall–Kier alpha value is -0.320. The molecule has 0 aliphatic heterocycles. The summed E-state index contributed by atoms with van der Waals surface area (Å²) in [5.74, 6) is 6.05. The summed E-state index contributed by atoms with van der Waals surface area (Å²) >= 11 is 3.36. The highest BCUT2D eigenvalue weighted by Crippen LogP contribution is 2.30. The second kappa shape index (κ2) is 5.53. The molecular formula is C10H17BrN2O. The van der Waals surface area contributed by atoms with Crippen LogP contribution in [0.3, 0.4) is 0 Å². The maximum atomic E-state index is 5.55. The van der Waals surface area contributed by atoms with Crippen LogP contribution < -0.4 is 11.3 Å². The fraction of sp³-hybridized carbons (Fsp3) is 0.600. The number of nitrogens with one attached hydrogen (secondary N) is 1. The molecule has 0 saturated carbocycles. The van der Waals surface area contributed by atoms with Crippen molar-refractivity contribution in [1.29, 1.82) is 0 Å². The number of hydrazine groups is 1. The zero-order valence-corrected chi connectivity index (χ0v) is 10.2. The lowest BCUT2D eigenvalue weighted by molar-refractivity contribution is 0.363. The van der Waals surface area contributed by atoms with Crippen LogP contribution >= 0.6 is 15.9 Å². The van der Waals surface area contributed by atoms with E-state index in [-0.39, 0.29) is 6.04 Å². The lowest BCUT2D eigenvalue weighted by atomic mass is 9.93. The molecule has 0 bridgehead atoms. The summed E-state index contributed by atoms with van der Waals surface area (Å²) in [5, 5.41) is 0. The standard InChI is InChI=1S/C10H17BrN2O/c1-3-4-7(2)9(13-12)8-5-6-14-10(8)11/h5-7,9,13H,3-4,12H2,1-2H3. The molecule has 0 saturated heterocycles. The van der Waals surface area contributed by atoms with Gasteiger partial charge < -0.3 is 4.42 Å². The summed E-state index contributed by atoms with van der Waals surface area (Å²) in [5.41, 5.74) is 3.93. The van der Waals surface area contributed by atoms with E-state index in [2.05, 4.69) is 35.2 Å². The van der Waals surface area contributed by atoms with E-state index in [4.69, 9.17) is 10.3 Å². The highest BCUT2D eigenvalue weighted by Gasteiger charge is 2.20. The minimum atomic E-state index is 0.156. The Morgan fingerprint density at radius 1 is 1.64 bits per heavy atom. The Balaban J connectivity index is 2.76. The fourth-order valence-electron chi connectivity index (χ4n) is 1.71. The Bertz CT molecular complexity index is 275. The highest BCUT2D eigenvalue weighted by molar-refractivity contribution is 9.10. The first-order valence-electron chi connectivity index (χ1n) is 4.89. The van der Waals surface area contributed by atoms with Gasteiger partial charge in [-0.05, 0) is 34.3 Å². The number of nitrogens with two attached hydrogens (primary N) is 1. The summed E-state index contributed by atoms with van der Waals surface area (Å²) in [4.78, 5) is 0. The fourth-order valence-corrected chi connectivity index (χ4v) is 2.20. The van der Waals surface area contributed by atoms with E-state index in [0.29, 0.717) is 5.92 Å². The van der Waals surface area contributed by atoms with Crippen LogP contribution in [0.5, 0.6) is 0 Å². The van der Waals surface area contributed by atoms with E-state index >= 15 is 0 Å². The molecule has 0 radical (unpaired) electrons. The van der Waals surface area contributed by atoms with Gasteiger partial charge in [0.05, 0.1) is 12.3 Å². The number of hydrogen-bond acceptors (Lipinski definition) is 3. The van der Waals surface area contributed by atoms with Crippen molar-refractivity contribution in [2.24, 2.45) is 11.8 Å². The normalized spacial score (nSPS) is 15.4. The van der Waals surface area contributed by atoms with Crippen molar-refractivity contribution in [3.63, 3.8) is 0 Å². The van der Waals surface area contributed by atoms with Crippen LogP contribution in [-0.2, 0) is 0 Å². The van der Waals surface area contributed by atoms with Crippen molar-refractivity contribution < 1.29 is 4.42 Å². The van der Waals surface area contributed by atoms with E-state index in [9.17, 15) is 0 Å². The summed E-state index contributed by atoms with van der Waals surface area (Å²) in [6.07, 6.45) is 3.98. The number of halogens is 1. The molecule has 0 aliphatic rings. The van der Waals surface area contributed by atoms with E-state index in [1.54, 1.807) is 6.26 Å². The lowest BCUT2D eigenvalue weighted by Crippen LogP contribution is -2.32. The molecule has 0 aliphatic carbocycles. The molecule has 1 rings (SSSR count). The summed E-state index contributed by atoms with van der Waals surface area (Å²) in [7, 11) is 0. The third kappa shape index (κ3) is 2.59. The molecule has 0 fully saturated rings. The summed E-state index contributed by atoms with van der Waals surface area (Å²) < 4.78 is 5.96. The maximum absolute atomic E-state index is 5.55. The number of furan rings is 1. The van der Waals surface area contributed by atoms with Crippen LogP contribution in [-0.4, -0.2) is 0 Å². The van der Waals surface area contributed by atoms with Gasteiger partial charge in [0.2, 0.25) is 0 Å². The van der Waals surface area contributed by atoms with Gasteiger partial charge in [-0.25, -0.2) is 0 Å². The van der Waals surface area contributed by atoms with Gasteiger partial charge in [0, 0.05) is 5.56 Å². The minimum absolute atomic E-state index is 0.156. The molecule has 80 valence electrons. The zero-order chi connectivity index (χ0) is 10.6. The third-order valence-corrected chi connectivity index (χ3v) is 3.12. The molecule has 0 spiro atoms. The summed E-state index contributed by atoms with van der Waals surface area (Å²) in [6, 6.07) is 2.10. The molecular weight excluding hydrogens is 244 g/mol. The maximum Gasteiger partial charge on any atom is 0.173 e. The van der Waals surface area contributed by atoms with Crippen LogP contribution in [0.1, 0.15) is 38.3 Å². The lowest BCUT2D eigenvalue weighted by Gasteiger charge is -2.21. The first-order chi connectivity index (χ1) is 6.70. The van der Waals surface area contributed by atoms with Crippen LogP contribution in [0.15, 0.2) is 21.4 Å². The third-order valence-electron chi connectivity index (χ3n) is 2.47. The first kappa shape index (κ1) is 11.8. The Morgan fingerprint density at radius 2 is 2.36 bits per heavy atom. The average molecular weight is 261 g/mol. The van der Waals surface area contributed by atoms with Crippen molar-refractivity contribution in [1.82, 2.24) is 5.43 Å². The Morgan fingerprint density at radius 3 is 2.79 bits per heavy atom. The molecule has 1 aromatic rings. The smallest absolute Gasteiger partial charge is 0.173 e. The quantitative estimate of drug-likeness (QED) is 0.632. The average Bonchev–Trinajstić information content (AvgIpc) is 2.54. The molecule has 1 heterocycles. The van der Waals surface area contributed by atoms with Crippen molar-refractivity contribution in [3.05, 3.63) is 22.6 Å². The van der Waals surface area contributed by atoms with Crippen molar-refractivity contribution >= 4 is 15.9 Å². The first-order valence-corrected chi connectivity index (χ1v) is 5.69. The predicted octanol–water partition coefficient (Wildman–Crippen LogP) is 2.98. The Kier molecular flexibility index (Phi) is 4.65. The Labute approximate surface area is 93.1 Å². The van der Waals surface area contributed by atoms with Crippen LogP contribution in [0.2, 0.25) is 0 Å².